The molecule has 1 atom stereocenters. The number of nitrogen functional groups attached to an aromatic ring is 1. The largest absolute Gasteiger partial charge is 0.468 e. The molecule has 0 aliphatic carbocycles. The zero-order valence-corrected chi connectivity index (χ0v) is 11.0. The second-order valence-corrected chi connectivity index (χ2v) is 5.60. The van der Waals surface area contributed by atoms with E-state index in [0.29, 0.717) is 11.6 Å². The van der Waals surface area contributed by atoms with Crippen LogP contribution in [0.25, 0.3) is 0 Å². The third kappa shape index (κ3) is 3.11. The third-order valence-electron chi connectivity index (χ3n) is 2.50. The lowest BCUT2D eigenvalue weighted by Crippen LogP contribution is -2.26. The Hall–Kier alpha value is -1.90. The van der Waals surface area contributed by atoms with Crippen LogP contribution in [0.5, 0.6) is 0 Å². The van der Waals surface area contributed by atoms with Gasteiger partial charge in [0.05, 0.1) is 12.3 Å². The number of aromatic nitrogens is 1. The van der Waals surface area contributed by atoms with Crippen LogP contribution in [0.15, 0.2) is 46.0 Å². The standard InChI is InChI=1S/C11H14N4O3S/c1-8(10-3-2-6-18-10)15-19(16,17)9-4-5-11(14-12)13-7-9/h2-8,15H,12H2,1H3,(H,13,14). The highest BCUT2D eigenvalue weighted by molar-refractivity contribution is 7.89. The fourth-order valence-electron chi connectivity index (χ4n) is 1.52. The third-order valence-corrected chi connectivity index (χ3v) is 4.02. The molecule has 0 bridgehead atoms. The van der Waals surface area contributed by atoms with Crippen LogP contribution in [0.2, 0.25) is 0 Å². The lowest BCUT2D eigenvalue weighted by Gasteiger charge is -2.12. The van der Waals surface area contributed by atoms with Crippen LogP contribution in [0.3, 0.4) is 0 Å². The molecule has 0 aliphatic rings. The van der Waals surface area contributed by atoms with Gasteiger partial charge in [0.2, 0.25) is 10.0 Å². The highest BCUT2D eigenvalue weighted by Crippen LogP contribution is 2.17. The highest BCUT2D eigenvalue weighted by atomic mass is 32.2. The number of pyridine rings is 1. The van der Waals surface area contributed by atoms with Crippen molar-refractivity contribution in [3.63, 3.8) is 0 Å². The van der Waals surface area contributed by atoms with Crippen LogP contribution < -0.4 is 16.0 Å². The number of hydrogen-bond acceptors (Lipinski definition) is 6. The van der Waals surface area contributed by atoms with E-state index in [1.807, 2.05) is 0 Å². The molecule has 0 radical (unpaired) electrons. The van der Waals surface area contributed by atoms with Crippen molar-refractivity contribution < 1.29 is 12.8 Å². The van der Waals surface area contributed by atoms with Crippen molar-refractivity contribution in [3.05, 3.63) is 42.5 Å². The molecule has 0 fully saturated rings. The van der Waals surface area contributed by atoms with Gasteiger partial charge in [0, 0.05) is 6.20 Å². The van der Waals surface area contributed by atoms with Gasteiger partial charge in [0.15, 0.2) is 0 Å². The zero-order chi connectivity index (χ0) is 13.9. The first-order valence-electron chi connectivity index (χ1n) is 5.51. The van der Waals surface area contributed by atoms with Crippen molar-refractivity contribution in [2.45, 2.75) is 17.9 Å². The lowest BCUT2D eigenvalue weighted by atomic mass is 10.3. The molecule has 0 aromatic carbocycles. The number of nitrogens with one attached hydrogen (secondary N) is 2. The molecular formula is C11H14N4O3S. The average Bonchev–Trinajstić information content (AvgIpc) is 2.92. The summed E-state index contributed by atoms with van der Waals surface area (Å²) in [5, 5.41) is 0. The van der Waals surface area contributed by atoms with Gasteiger partial charge >= 0.3 is 0 Å². The van der Waals surface area contributed by atoms with Crippen molar-refractivity contribution in [2.75, 3.05) is 5.43 Å². The van der Waals surface area contributed by atoms with Gasteiger partial charge in [-0.3, -0.25) is 0 Å². The molecule has 0 amide bonds. The van der Waals surface area contributed by atoms with Crippen molar-refractivity contribution in [1.82, 2.24) is 9.71 Å². The van der Waals surface area contributed by atoms with Crippen LogP contribution in [0, 0.1) is 0 Å². The number of furan rings is 1. The molecular weight excluding hydrogens is 268 g/mol. The summed E-state index contributed by atoms with van der Waals surface area (Å²) in [6, 6.07) is 5.83. The topological polar surface area (TPSA) is 110 Å². The van der Waals surface area contributed by atoms with E-state index in [9.17, 15) is 8.42 Å². The molecule has 19 heavy (non-hydrogen) atoms. The van der Waals surface area contributed by atoms with Crippen LogP contribution in [0.1, 0.15) is 18.7 Å². The minimum atomic E-state index is -3.65. The quantitative estimate of drug-likeness (QED) is 0.557. The number of hydrogen-bond donors (Lipinski definition) is 3. The number of nitrogens with two attached hydrogens (primary N) is 1. The van der Waals surface area contributed by atoms with Gasteiger partial charge in [-0.25, -0.2) is 24.0 Å². The summed E-state index contributed by atoms with van der Waals surface area (Å²) < 4.78 is 31.8. The van der Waals surface area contributed by atoms with Crippen molar-refractivity contribution >= 4 is 15.8 Å². The van der Waals surface area contributed by atoms with Gasteiger partial charge in [-0.1, -0.05) is 0 Å². The predicted octanol–water partition coefficient (Wildman–Crippen LogP) is 1.000. The van der Waals surface area contributed by atoms with E-state index >= 15 is 0 Å². The molecule has 2 rings (SSSR count). The number of sulfonamides is 1. The Morgan fingerprint density at radius 3 is 2.68 bits per heavy atom. The fourth-order valence-corrected chi connectivity index (χ4v) is 2.68. The van der Waals surface area contributed by atoms with Crippen LogP contribution >= 0.6 is 0 Å². The fraction of sp³-hybridized carbons (Fsp3) is 0.182. The van der Waals surface area contributed by atoms with Crippen LogP contribution in [-0.4, -0.2) is 13.4 Å². The molecule has 1 unspecified atom stereocenters. The van der Waals surface area contributed by atoms with E-state index in [1.54, 1.807) is 19.1 Å². The maximum Gasteiger partial charge on any atom is 0.242 e. The number of anilines is 1. The van der Waals surface area contributed by atoms with Crippen molar-refractivity contribution in [3.8, 4) is 0 Å². The molecule has 0 spiro atoms. The first-order valence-corrected chi connectivity index (χ1v) is 6.99. The molecule has 8 heteroatoms. The number of hydrazine groups is 1. The minimum Gasteiger partial charge on any atom is -0.468 e. The molecule has 0 saturated carbocycles. The highest BCUT2D eigenvalue weighted by Gasteiger charge is 2.20. The van der Waals surface area contributed by atoms with E-state index in [1.165, 1.54) is 24.6 Å². The van der Waals surface area contributed by atoms with Crippen LogP contribution in [0.4, 0.5) is 5.82 Å². The summed E-state index contributed by atoms with van der Waals surface area (Å²) in [5.41, 5.74) is 2.33. The second-order valence-electron chi connectivity index (χ2n) is 3.88. The Labute approximate surface area is 110 Å². The summed E-state index contributed by atoms with van der Waals surface area (Å²) in [7, 11) is -3.65. The maximum atomic E-state index is 12.1. The van der Waals surface area contributed by atoms with E-state index in [0.717, 1.165) is 0 Å². The zero-order valence-electron chi connectivity index (χ0n) is 10.2. The number of rotatable bonds is 5. The van der Waals surface area contributed by atoms with E-state index in [-0.39, 0.29) is 4.90 Å². The monoisotopic (exact) mass is 282 g/mol. The van der Waals surface area contributed by atoms with Gasteiger partial charge in [-0.15, -0.1) is 0 Å². The lowest BCUT2D eigenvalue weighted by molar-refractivity contribution is 0.459. The van der Waals surface area contributed by atoms with Gasteiger partial charge in [0.1, 0.15) is 16.5 Å². The van der Waals surface area contributed by atoms with Crippen molar-refractivity contribution in [2.24, 2.45) is 5.84 Å². The Balaban J connectivity index is 2.17. The first kappa shape index (κ1) is 13.5. The predicted molar refractivity (Wildman–Crippen MR) is 69.5 cm³/mol. The summed E-state index contributed by atoms with van der Waals surface area (Å²) in [5.74, 6) is 6.09. The summed E-state index contributed by atoms with van der Waals surface area (Å²) in [4.78, 5) is 3.91. The Bertz CT molecular complexity index is 622. The average molecular weight is 282 g/mol. The van der Waals surface area contributed by atoms with E-state index in [2.05, 4.69) is 15.1 Å². The van der Waals surface area contributed by atoms with E-state index in [4.69, 9.17) is 10.3 Å². The summed E-state index contributed by atoms with van der Waals surface area (Å²) in [6.07, 6.45) is 2.72. The second kappa shape index (κ2) is 5.39. The molecule has 4 N–H and O–H groups in total. The normalized spacial score (nSPS) is 13.2. The summed E-state index contributed by atoms with van der Waals surface area (Å²) >= 11 is 0. The van der Waals surface area contributed by atoms with Gasteiger partial charge < -0.3 is 9.84 Å². The number of nitrogens with zero attached hydrogens (tertiary/aromatic N) is 1. The van der Waals surface area contributed by atoms with E-state index < -0.39 is 16.1 Å². The Morgan fingerprint density at radius 1 is 1.37 bits per heavy atom. The molecule has 2 aromatic heterocycles. The molecule has 2 heterocycles. The van der Waals surface area contributed by atoms with Crippen LogP contribution in [-0.2, 0) is 10.0 Å². The minimum absolute atomic E-state index is 0.0601. The van der Waals surface area contributed by atoms with Gasteiger partial charge in [-0.2, -0.15) is 0 Å². The molecule has 102 valence electrons. The molecule has 2 aromatic rings. The Morgan fingerprint density at radius 2 is 2.16 bits per heavy atom. The molecule has 0 aliphatic heterocycles. The first-order chi connectivity index (χ1) is 9.03. The smallest absolute Gasteiger partial charge is 0.242 e. The molecule has 7 nitrogen and oxygen atoms in total. The van der Waals surface area contributed by atoms with Gasteiger partial charge in [0.25, 0.3) is 0 Å². The SMILES string of the molecule is CC(NS(=O)(=O)c1ccc(NN)nc1)c1ccco1. The summed E-state index contributed by atoms with van der Waals surface area (Å²) in [6.45, 7) is 1.69. The molecule has 0 saturated heterocycles. The van der Waals surface area contributed by atoms with Crippen molar-refractivity contribution in [1.29, 1.82) is 0 Å². The Kier molecular flexibility index (Phi) is 3.84. The van der Waals surface area contributed by atoms with Gasteiger partial charge in [-0.05, 0) is 31.2 Å². The maximum absolute atomic E-state index is 12.1.